The first-order chi connectivity index (χ1) is 7.50. The summed E-state index contributed by atoms with van der Waals surface area (Å²) in [4.78, 5) is 6.29. The Morgan fingerprint density at radius 3 is 2.56 bits per heavy atom. The van der Waals surface area contributed by atoms with Gasteiger partial charge in [-0.2, -0.15) is 0 Å². The summed E-state index contributed by atoms with van der Waals surface area (Å²) >= 11 is 1.62. The van der Waals surface area contributed by atoms with Crippen LogP contribution in [0.25, 0.3) is 0 Å². The highest BCUT2D eigenvalue weighted by Crippen LogP contribution is 2.33. The lowest BCUT2D eigenvalue weighted by Crippen LogP contribution is -2.21. The predicted octanol–water partition coefficient (Wildman–Crippen LogP) is 3.02. The largest absolute Gasteiger partial charge is 0.380 e. The summed E-state index contributed by atoms with van der Waals surface area (Å²) in [6.07, 6.45) is 3.52. The molecule has 3 heteroatoms. The van der Waals surface area contributed by atoms with Gasteiger partial charge in [-0.05, 0) is 44.5 Å². The fraction of sp³-hybridized carbons (Fsp3) is 0.308. The maximum Gasteiger partial charge on any atom is 0.122 e. The zero-order valence-corrected chi connectivity index (χ0v) is 10.5. The Morgan fingerprint density at radius 1 is 1.25 bits per heavy atom. The molecule has 1 unspecified atom stereocenters. The summed E-state index contributed by atoms with van der Waals surface area (Å²) in [6.45, 7) is 5.83. The zero-order chi connectivity index (χ0) is 11.8. The van der Waals surface area contributed by atoms with Crippen LogP contribution >= 0.6 is 11.3 Å². The van der Waals surface area contributed by atoms with Crippen molar-refractivity contribution in [1.82, 2.24) is 4.98 Å². The van der Waals surface area contributed by atoms with Crippen molar-refractivity contribution < 1.29 is 5.11 Å². The quantitative estimate of drug-likeness (QED) is 0.865. The minimum absolute atomic E-state index is 0.842. The molecule has 0 spiro atoms. The molecule has 0 fully saturated rings. The maximum absolute atomic E-state index is 10.6. The van der Waals surface area contributed by atoms with Gasteiger partial charge in [-0.15, -0.1) is 11.3 Å². The SMILES string of the molecule is Cc1cncc(C(C)(O)c2ccc(C)s2)c1. The highest BCUT2D eigenvalue weighted by atomic mass is 32.1. The van der Waals surface area contributed by atoms with Gasteiger partial charge >= 0.3 is 0 Å². The number of nitrogens with zero attached hydrogens (tertiary/aromatic N) is 1. The molecule has 1 atom stereocenters. The van der Waals surface area contributed by atoms with Crippen molar-refractivity contribution in [2.75, 3.05) is 0 Å². The van der Waals surface area contributed by atoms with Gasteiger partial charge in [0.05, 0.1) is 0 Å². The lowest BCUT2D eigenvalue weighted by Gasteiger charge is -2.22. The fourth-order valence-corrected chi connectivity index (χ4v) is 2.60. The van der Waals surface area contributed by atoms with Gasteiger partial charge in [0.1, 0.15) is 5.60 Å². The summed E-state index contributed by atoms with van der Waals surface area (Å²) in [5, 5.41) is 10.6. The predicted molar refractivity (Wildman–Crippen MR) is 66.7 cm³/mol. The minimum atomic E-state index is -0.946. The van der Waals surface area contributed by atoms with Gasteiger partial charge in [-0.3, -0.25) is 4.98 Å². The first-order valence-electron chi connectivity index (χ1n) is 5.21. The van der Waals surface area contributed by atoms with Crippen LogP contribution in [0.5, 0.6) is 0 Å². The van der Waals surface area contributed by atoms with Crippen LogP contribution in [0.2, 0.25) is 0 Å². The number of aromatic nitrogens is 1. The van der Waals surface area contributed by atoms with E-state index in [4.69, 9.17) is 0 Å². The van der Waals surface area contributed by atoms with Crippen molar-refractivity contribution in [3.63, 3.8) is 0 Å². The summed E-state index contributed by atoms with van der Waals surface area (Å²) in [5.41, 5.74) is 0.957. The smallest absolute Gasteiger partial charge is 0.122 e. The first kappa shape index (κ1) is 11.3. The summed E-state index contributed by atoms with van der Waals surface area (Å²) in [5.74, 6) is 0. The molecule has 0 amide bonds. The number of rotatable bonds is 2. The molecule has 0 radical (unpaired) electrons. The number of pyridine rings is 1. The molecular weight excluding hydrogens is 218 g/mol. The molecule has 84 valence electrons. The number of hydrogen-bond donors (Lipinski definition) is 1. The number of hydrogen-bond acceptors (Lipinski definition) is 3. The second-order valence-corrected chi connectivity index (χ2v) is 5.52. The van der Waals surface area contributed by atoms with Crippen LogP contribution in [0.3, 0.4) is 0 Å². The highest BCUT2D eigenvalue weighted by molar-refractivity contribution is 7.12. The molecule has 0 aliphatic heterocycles. The molecule has 0 saturated carbocycles. The maximum atomic E-state index is 10.6. The highest BCUT2D eigenvalue weighted by Gasteiger charge is 2.27. The Balaban J connectivity index is 2.46. The van der Waals surface area contributed by atoms with E-state index in [-0.39, 0.29) is 0 Å². The first-order valence-corrected chi connectivity index (χ1v) is 6.03. The Labute approximate surface area is 99.6 Å². The van der Waals surface area contributed by atoms with Crippen LogP contribution in [-0.2, 0) is 5.60 Å². The van der Waals surface area contributed by atoms with Gasteiger partial charge in [-0.1, -0.05) is 0 Å². The van der Waals surface area contributed by atoms with Crippen molar-refractivity contribution in [3.05, 3.63) is 51.5 Å². The van der Waals surface area contributed by atoms with E-state index in [2.05, 4.69) is 4.98 Å². The molecule has 16 heavy (non-hydrogen) atoms. The number of aryl methyl sites for hydroxylation is 2. The molecule has 2 rings (SSSR count). The van der Waals surface area contributed by atoms with Crippen molar-refractivity contribution in [2.24, 2.45) is 0 Å². The van der Waals surface area contributed by atoms with Gasteiger partial charge in [0.25, 0.3) is 0 Å². The van der Waals surface area contributed by atoms with Crippen LogP contribution < -0.4 is 0 Å². The van der Waals surface area contributed by atoms with E-state index in [0.717, 1.165) is 16.0 Å². The lowest BCUT2D eigenvalue weighted by molar-refractivity contribution is 0.106. The monoisotopic (exact) mass is 233 g/mol. The third-order valence-electron chi connectivity index (χ3n) is 2.66. The molecule has 0 bridgehead atoms. The van der Waals surface area contributed by atoms with E-state index in [1.165, 1.54) is 4.88 Å². The van der Waals surface area contributed by atoms with E-state index < -0.39 is 5.60 Å². The average Bonchev–Trinajstić information content (AvgIpc) is 2.65. The Hall–Kier alpha value is -1.19. The fourth-order valence-electron chi connectivity index (χ4n) is 1.66. The summed E-state index contributed by atoms with van der Waals surface area (Å²) in [7, 11) is 0. The van der Waals surface area contributed by atoms with Crippen LogP contribution in [0.1, 0.15) is 27.8 Å². The normalized spacial score (nSPS) is 14.8. The van der Waals surface area contributed by atoms with Crippen molar-refractivity contribution in [3.8, 4) is 0 Å². The van der Waals surface area contributed by atoms with E-state index in [9.17, 15) is 5.11 Å². The molecule has 0 aliphatic carbocycles. The Morgan fingerprint density at radius 2 is 2.00 bits per heavy atom. The third-order valence-corrected chi connectivity index (χ3v) is 3.87. The molecular formula is C13H15NOS. The molecule has 1 N–H and O–H groups in total. The molecule has 2 heterocycles. The van der Waals surface area contributed by atoms with Gasteiger partial charge in [0.2, 0.25) is 0 Å². The summed E-state index contributed by atoms with van der Waals surface area (Å²) in [6, 6.07) is 5.97. The van der Waals surface area contributed by atoms with Crippen LogP contribution in [-0.4, -0.2) is 10.1 Å². The molecule has 0 aromatic carbocycles. The topological polar surface area (TPSA) is 33.1 Å². The average molecular weight is 233 g/mol. The minimum Gasteiger partial charge on any atom is -0.380 e. The summed E-state index contributed by atoms with van der Waals surface area (Å²) < 4.78 is 0. The molecule has 2 aromatic heterocycles. The van der Waals surface area contributed by atoms with E-state index in [0.29, 0.717) is 0 Å². The second-order valence-electron chi connectivity index (χ2n) is 4.23. The van der Waals surface area contributed by atoms with Gasteiger partial charge in [-0.25, -0.2) is 0 Å². The molecule has 0 saturated heterocycles. The van der Waals surface area contributed by atoms with Gasteiger partial charge in [0, 0.05) is 27.7 Å². The van der Waals surface area contributed by atoms with Gasteiger partial charge < -0.3 is 5.11 Å². The van der Waals surface area contributed by atoms with E-state index in [1.807, 2.05) is 39.0 Å². The zero-order valence-electron chi connectivity index (χ0n) is 9.69. The third kappa shape index (κ3) is 2.01. The Bertz CT molecular complexity index is 502. The lowest BCUT2D eigenvalue weighted by atomic mass is 9.95. The molecule has 2 aromatic rings. The van der Waals surface area contributed by atoms with Crippen molar-refractivity contribution in [1.29, 1.82) is 0 Å². The molecule has 2 nitrogen and oxygen atoms in total. The number of thiophene rings is 1. The number of aliphatic hydroxyl groups is 1. The van der Waals surface area contributed by atoms with Crippen molar-refractivity contribution >= 4 is 11.3 Å². The van der Waals surface area contributed by atoms with Crippen molar-refractivity contribution in [2.45, 2.75) is 26.4 Å². The van der Waals surface area contributed by atoms with Gasteiger partial charge in [0.15, 0.2) is 0 Å². The van der Waals surface area contributed by atoms with Crippen LogP contribution in [0, 0.1) is 13.8 Å². The standard InChI is InChI=1S/C13H15NOS/c1-9-6-11(8-14-7-9)13(3,15)12-5-4-10(2)16-12/h4-8,15H,1-3H3. The van der Waals surface area contributed by atoms with E-state index >= 15 is 0 Å². The Kier molecular flexibility index (Phi) is 2.82. The van der Waals surface area contributed by atoms with Crippen LogP contribution in [0.4, 0.5) is 0 Å². The van der Waals surface area contributed by atoms with E-state index in [1.54, 1.807) is 23.7 Å². The van der Waals surface area contributed by atoms with Crippen LogP contribution in [0.15, 0.2) is 30.6 Å². The second kappa shape index (κ2) is 4.00. The molecule has 0 aliphatic rings.